The van der Waals surface area contributed by atoms with E-state index in [-0.39, 0.29) is 5.91 Å². The lowest BCUT2D eigenvalue weighted by Crippen LogP contribution is -2.39. The van der Waals surface area contributed by atoms with Crippen LogP contribution in [0.2, 0.25) is 0 Å². The molecule has 7 nitrogen and oxygen atoms in total. The van der Waals surface area contributed by atoms with Crippen molar-refractivity contribution in [1.82, 2.24) is 20.0 Å². The van der Waals surface area contributed by atoms with Gasteiger partial charge in [0.25, 0.3) is 5.89 Å². The molecule has 0 aliphatic carbocycles. The van der Waals surface area contributed by atoms with Gasteiger partial charge in [-0.1, -0.05) is 18.2 Å². The third kappa shape index (κ3) is 3.20. The van der Waals surface area contributed by atoms with Crippen molar-refractivity contribution in [2.45, 2.75) is 44.2 Å². The summed E-state index contributed by atoms with van der Waals surface area (Å²) in [7, 11) is 2.19. The largest absolute Gasteiger partial charge is 0.451 e. The number of carbonyl (C=O) groups excluding carboxylic acids is 1. The Bertz CT molecular complexity index is 961. The highest BCUT2D eigenvalue weighted by Gasteiger charge is 2.35. The van der Waals surface area contributed by atoms with Crippen LogP contribution in [-0.4, -0.2) is 58.1 Å². The Morgan fingerprint density at radius 1 is 1.14 bits per heavy atom. The lowest BCUT2D eigenvalue weighted by atomic mass is 10.1. The third-order valence-electron chi connectivity index (χ3n) is 6.16. The van der Waals surface area contributed by atoms with E-state index in [0.29, 0.717) is 42.5 Å². The predicted octanol–water partition coefficient (Wildman–Crippen LogP) is 3.11. The molecule has 3 aromatic rings. The zero-order valence-electron chi connectivity index (χ0n) is 16.0. The highest BCUT2D eigenvalue weighted by molar-refractivity contribution is 5.81. The van der Waals surface area contributed by atoms with Crippen LogP contribution in [0.4, 0.5) is 0 Å². The second-order valence-electron chi connectivity index (χ2n) is 7.83. The lowest BCUT2D eigenvalue weighted by molar-refractivity contribution is -0.131. The van der Waals surface area contributed by atoms with Crippen molar-refractivity contribution in [1.29, 1.82) is 0 Å². The van der Waals surface area contributed by atoms with E-state index in [1.54, 1.807) is 0 Å². The van der Waals surface area contributed by atoms with Gasteiger partial charge in [0, 0.05) is 43.4 Å². The molecule has 2 aromatic heterocycles. The number of benzene rings is 1. The number of fused-ring (bicyclic) bond motifs is 3. The summed E-state index contributed by atoms with van der Waals surface area (Å²) in [4.78, 5) is 17.2. The number of likely N-dealkylation sites (N-methyl/N-ethyl adjacent to an activating group) is 1. The summed E-state index contributed by atoms with van der Waals surface area (Å²) in [5, 5.41) is 9.17. The number of para-hydroxylation sites is 1. The molecule has 2 unspecified atom stereocenters. The highest BCUT2D eigenvalue weighted by Crippen LogP contribution is 2.29. The van der Waals surface area contributed by atoms with Gasteiger partial charge >= 0.3 is 0 Å². The number of hydrogen-bond acceptors (Lipinski definition) is 6. The molecule has 0 N–H and O–H groups in total. The van der Waals surface area contributed by atoms with Crippen LogP contribution < -0.4 is 0 Å². The zero-order valence-corrected chi connectivity index (χ0v) is 16.0. The first-order valence-corrected chi connectivity index (χ1v) is 9.98. The van der Waals surface area contributed by atoms with Crippen molar-refractivity contribution >= 4 is 16.9 Å². The summed E-state index contributed by atoms with van der Waals surface area (Å²) in [5.74, 6) is 1.55. The molecule has 2 fully saturated rings. The molecule has 2 aliphatic heterocycles. The molecule has 0 saturated carbocycles. The van der Waals surface area contributed by atoms with Crippen molar-refractivity contribution in [2.75, 3.05) is 20.1 Å². The van der Waals surface area contributed by atoms with E-state index in [4.69, 9.17) is 8.83 Å². The lowest BCUT2D eigenvalue weighted by Gasteiger charge is -2.25. The number of rotatable bonds is 4. The zero-order chi connectivity index (χ0) is 19.1. The molecule has 2 bridgehead atoms. The monoisotopic (exact) mass is 380 g/mol. The maximum atomic E-state index is 12.7. The van der Waals surface area contributed by atoms with Crippen LogP contribution in [-0.2, 0) is 11.2 Å². The van der Waals surface area contributed by atoms with E-state index in [2.05, 4.69) is 22.1 Å². The molecule has 28 heavy (non-hydrogen) atoms. The van der Waals surface area contributed by atoms with E-state index in [9.17, 15) is 4.79 Å². The maximum Gasteiger partial charge on any atom is 0.283 e. The fraction of sp³-hybridized carbons (Fsp3) is 0.476. The quantitative estimate of drug-likeness (QED) is 0.692. The number of amides is 1. The van der Waals surface area contributed by atoms with Crippen LogP contribution in [0.1, 0.15) is 31.6 Å². The number of likely N-dealkylation sites (tertiary alicyclic amines) is 1. The molecule has 5 rings (SSSR count). The van der Waals surface area contributed by atoms with Gasteiger partial charge < -0.3 is 13.7 Å². The topological polar surface area (TPSA) is 75.6 Å². The Labute approximate surface area is 163 Å². The summed E-state index contributed by atoms with van der Waals surface area (Å²) in [5.41, 5.74) is 0.785. The number of carbonyl (C=O) groups is 1. The van der Waals surface area contributed by atoms with E-state index in [1.807, 2.05) is 35.2 Å². The summed E-state index contributed by atoms with van der Waals surface area (Å²) in [6.45, 7) is 1.68. The smallest absolute Gasteiger partial charge is 0.283 e. The molecule has 2 saturated heterocycles. The van der Waals surface area contributed by atoms with Gasteiger partial charge in [0.2, 0.25) is 11.8 Å². The minimum Gasteiger partial charge on any atom is -0.451 e. The van der Waals surface area contributed by atoms with Crippen molar-refractivity contribution < 1.29 is 13.6 Å². The maximum absolute atomic E-state index is 12.7. The van der Waals surface area contributed by atoms with Crippen molar-refractivity contribution in [3.05, 3.63) is 36.2 Å². The first-order valence-electron chi connectivity index (χ1n) is 9.98. The van der Waals surface area contributed by atoms with Crippen LogP contribution in [0.15, 0.2) is 39.2 Å². The number of aryl methyl sites for hydroxylation is 1. The first kappa shape index (κ1) is 17.4. The van der Waals surface area contributed by atoms with Crippen LogP contribution in [0.25, 0.3) is 22.6 Å². The van der Waals surface area contributed by atoms with Gasteiger partial charge in [0.1, 0.15) is 5.58 Å². The number of aromatic nitrogens is 2. The van der Waals surface area contributed by atoms with Crippen LogP contribution in [0.3, 0.4) is 0 Å². The molecule has 2 atom stereocenters. The van der Waals surface area contributed by atoms with E-state index >= 15 is 0 Å². The summed E-state index contributed by atoms with van der Waals surface area (Å²) < 4.78 is 11.5. The van der Waals surface area contributed by atoms with Crippen molar-refractivity contribution in [3.8, 4) is 11.7 Å². The fourth-order valence-corrected chi connectivity index (χ4v) is 4.45. The van der Waals surface area contributed by atoms with Crippen LogP contribution >= 0.6 is 0 Å². The van der Waals surface area contributed by atoms with E-state index < -0.39 is 0 Å². The fourth-order valence-electron chi connectivity index (χ4n) is 4.45. The summed E-state index contributed by atoms with van der Waals surface area (Å²) >= 11 is 0. The average molecular weight is 380 g/mol. The van der Waals surface area contributed by atoms with Gasteiger partial charge in [-0.05, 0) is 38.4 Å². The van der Waals surface area contributed by atoms with Crippen molar-refractivity contribution in [2.24, 2.45) is 0 Å². The minimum atomic E-state index is 0.171. The summed E-state index contributed by atoms with van der Waals surface area (Å²) in [6.07, 6.45) is 4.36. The van der Waals surface area contributed by atoms with Crippen LogP contribution in [0, 0.1) is 0 Å². The van der Waals surface area contributed by atoms with Crippen LogP contribution in [0.5, 0.6) is 0 Å². The van der Waals surface area contributed by atoms with E-state index in [0.717, 1.165) is 30.5 Å². The predicted molar refractivity (Wildman–Crippen MR) is 104 cm³/mol. The Morgan fingerprint density at radius 2 is 2.00 bits per heavy atom. The van der Waals surface area contributed by atoms with Crippen molar-refractivity contribution in [3.63, 3.8) is 0 Å². The number of furan rings is 1. The van der Waals surface area contributed by atoms with Gasteiger partial charge in [-0.3, -0.25) is 9.69 Å². The molecule has 1 aromatic carbocycles. The third-order valence-corrected chi connectivity index (χ3v) is 6.16. The molecular formula is C21H24N4O3. The molecule has 7 heteroatoms. The highest BCUT2D eigenvalue weighted by atomic mass is 16.4. The molecular weight excluding hydrogens is 356 g/mol. The van der Waals surface area contributed by atoms with E-state index in [1.165, 1.54) is 12.8 Å². The normalized spacial score (nSPS) is 22.7. The van der Waals surface area contributed by atoms with Gasteiger partial charge in [-0.25, -0.2) is 0 Å². The minimum absolute atomic E-state index is 0.171. The Kier molecular flexibility index (Phi) is 4.39. The Hall–Kier alpha value is -2.67. The average Bonchev–Trinajstić information content (AvgIpc) is 3.37. The molecule has 0 spiro atoms. The second-order valence-corrected chi connectivity index (χ2v) is 7.83. The molecule has 4 heterocycles. The van der Waals surface area contributed by atoms with Gasteiger partial charge in [0.15, 0.2) is 5.76 Å². The molecule has 0 radical (unpaired) electrons. The summed E-state index contributed by atoms with van der Waals surface area (Å²) in [6, 6.07) is 10.8. The van der Waals surface area contributed by atoms with Gasteiger partial charge in [-0.15, -0.1) is 10.2 Å². The Morgan fingerprint density at radius 3 is 2.89 bits per heavy atom. The molecule has 2 aliphatic rings. The number of hydrogen-bond donors (Lipinski definition) is 0. The second kappa shape index (κ2) is 7.05. The first-order chi connectivity index (χ1) is 13.7. The number of nitrogens with zero attached hydrogens (tertiary/aromatic N) is 4. The SMILES string of the molecule is CN1C2CCC1CN(C(=O)CCc1nnc(-c3cc4ccccc4o3)o1)CC2. The molecule has 1 amide bonds. The van der Waals surface area contributed by atoms with Gasteiger partial charge in [-0.2, -0.15) is 0 Å². The standard InChI is InChI=1S/C21H24N4O3/c1-24-15-6-7-16(24)13-25(11-10-15)20(26)9-8-19-22-23-21(28-19)18-12-14-4-2-3-5-17(14)27-18/h2-5,12,15-16H,6-11,13H2,1H3. The van der Waals surface area contributed by atoms with Gasteiger partial charge in [0.05, 0.1) is 0 Å². The Balaban J connectivity index is 1.22. The molecule has 146 valence electrons.